The van der Waals surface area contributed by atoms with Gasteiger partial charge in [-0.2, -0.15) is 0 Å². The number of sulfonamides is 1. The van der Waals surface area contributed by atoms with E-state index < -0.39 is 10.0 Å². The number of halogens is 1. The normalized spacial score (nSPS) is 17.1. The second kappa shape index (κ2) is 9.05. The van der Waals surface area contributed by atoms with Crippen molar-refractivity contribution in [1.29, 1.82) is 0 Å². The van der Waals surface area contributed by atoms with Crippen molar-refractivity contribution in [3.63, 3.8) is 0 Å². The number of anilines is 1. The molecule has 0 bridgehead atoms. The van der Waals surface area contributed by atoms with Crippen LogP contribution in [0.1, 0.15) is 19.8 Å². The molecule has 1 aliphatic rings. The minimum Gasteiger partial charge on any atom is -0.497 e. The van der Waals surface area contributed by atoms with Crippen LogP contribution >= 0.6 is 11.6 Å². The summed E-state index contributed by atoms with van der Waals surface area (Å²) in [6.07, 6.45) is 2.01. The van der Waals surface area contributed by atoms with Crippen molar-refractivity contribution in [1.82, 2.24) is 4.90 Å². The van der Waals surface area contributed by atoms with Crippen LogP contribution in [0, 0.1) is 5.92 Å². The molecule has 0 aliphatic carbocycles. The Kier molecular flexibility index (Phi) is 6.70. The number of carbonyl (C=O) groups is 1. The van der Waals surface area contributed by atoms with Crippen molar-refractivity contribution < 1.29 is 17.9 Å². The van der Waals surface area contributed by atoms with Gasteiger partial charge in [-0.05, 0) is 67.3 Å². The zero-order valence-electron chi connectivity index (χ0n) is 16.5. The van der Waals surface area contributed by atoms with Gasteiger partial charge < -0.3 is 9.64 Å². The van der Waals surface area contributed by atoms with Crippen LogP contribution in [0.2, 0.25) is 5.02 Å². The highest BCUT2D eigenvalue weighted by Crippen LogP contribution is 2.27. The summed E-state index contributed by atoms with van der Waals surface area (Å²) in [6, 6.07) is 12.6. The number of ether oxygens (including phenoxy) is 1. The van der Waals surface area contributed by atoms with Crippen LogP contribution < -0.4 is 9.04 Å². The molecule has 1 saturated heterocycles. The molecule has 0 saturated carbocycles. The van der Waals surface area contributed by atoms with E-state index in [1.54, 1.807) is 41.3 Å². The summed E-state index contributed by atoms with van der Waals surface area (Å²) in [5, 5.41) is 0.492. The molecule has 0 N–H and O–H groups in total. The van der Waals surface area contributed by atoms with E-state index in [1.165, 1.54) is 19.2 Å². The molecular formula is C21H25ClN2O4S. The molecule has 29 heavy (non-hydrogen) atoms. The number of hydrogen-bond acceptors (Lipinski definition) is 4. The zero-order valence-corrected chi connectivity index (χ0v) is 18.1. The highest BCUT2D eigenvalue weighted by atomic mass is 35.5. The van der Waals surface area contributed by atoms with Crippen LogP contribution in [-0.4, -0.2) is 46.0 Å². The van der Waals surface area contributed by atoms with Gasteiger partial charge in [0.15, 0.2) is 0 Å². The number of piperidine rings is 1. The molecule has 1 amide bonds. The van der Waals surface area contributed by atoms with E-state index in [1.807, 2.05) is 0 Å². The quantitative estimate of drug-likeness (QED) is 0.690. The first-order valence-electron chi connectivity index (χ1n) is 9.51. The lowest BCUT2D eigenvalue weighted by molar-refractivity contribution is -0.131. The first-order chi connectivity index (χ1) is 13.8. The number of rotatable bonds is 6. The van der Waals surface area contributed by atoms with Crippen molar-refractivity contribution in [2.75, 3.05) is 31.0 Å². The maximum atomic E-state index is 13.4. The van der Waals surface area contributed by atoms with Gasteiger partial charge in [-0.25, -0.2) is 8.42 Å². The summed E-state index contributed by atoms with van der Waals surface area (Å²) < 4.78 is 33.0. The smallest absolute Gasteiger partial charge is 0.264 e. The van der Waals surface area contributed by atoms with Crippen molar-refractivity contribution >= 4 is 33.2 Å². The van der Waals surface area contributed by atoms with E-state index in [2.05, 4.69) is 6.92 Å². The fourth-order valence-electron chi connectivity index (χ4n) is 3.44. The molecule has 0 unspecified atom stereocenters. The predicted molar refractivity (Wildman–Crippen MR) is 114 cm³/mol. The first-order valence-corrected chi connectivity index (χ1v) is 11.3. The monoisotopic (exact) mass is 436 g/mol. The number of nitrogens with zero attached hydrogens (tertiary/aromatic N) is 2. The highest BCUT2D eigenvalue weighted by Gasteiger charge is 2.30. The Morgan fingerprint density at radius 3 is 2.41 bits per heavy atom. The summed E-state index contributed by atoms with van der Waals surface area (Å²) in [6.45, 7) is 3.14. The van der Waals surface area contributed by atoms with Gasteiger partial charge in [0.2, 0.25) is 5.91 Å². The average Bonchev–Trinajstić information content (AvgIpc) is 2.72. The summed E-state index contributed by atoms with van der Waals surface area (Å²) in [5.74, 6) is 0.763. The third kappa shape index (κ3) is 5.03. The lowest BCUT2D eigenvalue weighted by atomic mass is 10.0. The Balaban J connectivity index is 1.93. The van der Waals surface area contributed by atoms with E-state index in [0.29, 0.717) is 35.5 Å². The fourth-order valence-corrected chi connectivity index (χ4v) is 4.98. The van der Waals surface area contributed by atoms with Gasteiger partial charge in [-0.1, -0.05) is 18.5 Å². The van der Waals surface area contributed by atoms with E-state index in [4.69, 9.17) is 16.3 Å². The summed E-state index contributed by atoms with van der Waals surface area (Å²) in [5.41, 5.74) is 0.392. The highest BCUT2D eigenvalue weighted by molar-refractivity contribution is 7.92. The molecule has 156 valence electrons. The van der Waals surface area contributed by atoms with Crippen LogP contribution in [0.5, 0.6) is 5.75 Å². The fraction of sp³-hybridized carbons (Fsp3) is 0.381. The third-order valence-electron chi connectivity index (χ3n) is 5.05. The number of methoxy groups -OCH3 is 1. The Labute approximate surface area is 177 Å². The number of carbonyl (C=O) groups excluding carboxylic acids is 1. The summed E-state index contributed by atoms with van der Waals surface area (Å²) >= 11 is 5.97. The van der Waals surface area contributed by atoms with Gasteiger partial charge in [0.25, 0.3) is 10.0 Å². The van der Waals surface area contributed by atoms with Gasteiger partial charge in [-0.3, -0.25) is 9.10 Å². The number of benzene rings is 2. The molecule has 1 fully saturated rings. The molecule has 6 nitrogen and oxygen atoms in total. The Hall–Kier alpha value is -2.25. The van der Waals surface area contributed by atoms with Crippen molar-refractivity contribution in [3.05, 3.63) is 53.6 Å². The van der Waals surface area contributed by atoms with Gasteiger partial charge in [0, 0.05) is 18.1 Å². The van der Waals surface area contributed by atoms with E-state index in [-0.39, 0.29) is 17.3 Å². The predicted octanol–water partition coefficient (Wildman–Crippen LogP) is 3.80. The maximum absolute atomic E-state index is 13.4. The molecule has 0 radical (unpaired) electrons. The van der Waals surface area contributed by atoms with Crippen molar-refractivity contribution in [2.45, 2.75) is 24.7 Å². The lowest BCUT2D eigenvalue weighted by Crippen LogP contribution is -2.46. The van der Waals surface area contributed by atoms with E-state index in [0.717, 1.165) is 17.1 Å². The SMILES string of the molecule is COc1ccc(S(=O)(=O)N(CC(=O)N2CCC[C@@H](C)C2)c2ccc(Cl)cc2)cc1. The van der Waals surface area contributed by atoms with Crippen LogP contribution in [0.4, 0.5) is 5.69 Å². The van der Waals surface area contributed by atoms with Crippen LogP contribution in [0.3, 0.4) is 0 Å². The third-order valence-corrected chi connectivity index (χ3v) is 7.09. The van der Waals surface area contributed by atoms with E-state index >= 15 is 0 Å². The molecule has 1 aliphatic heterocycles. The van der Waals surface area contributed by atoms with Crippen molar-refractivity contribution in [3.8, 4) is 5.75 Å². The number of likely N-dealkylation sites (tertiary alicyclic amines) is 1. The van der Waals surface area contributed by atoms with Crippen LogP contribution in [0.15, 0.2) is 53.4 Å². The minimum atomic E-state index is -3.95. The van der Waals surface area contributed by atoms with Crippen LogP contribution in [-0.2, 0) is 14.8 Å². The molecule has 1 atom stereocenters. The standard InChI is InChI=1S/C21H25ClN2O4S/c1-16-4-3-13-23(14-16)21(25)15-24(18-7-5-17(22)6-8-18)29(26,27)20-11-9-19(28-2)10-12-20/h5-12,16H,3-4,13-15H2,1-2H3/t16-/m1/s1. The largest absolute Gasteiger partial charge is 0.497 e. The molecule has 2 aromatic rings. The molecule has 8 heteroatoms. The van der Waals surface area contributed by atoms with E-state index in [9.17, 15) is 13.2 Å². The minimum absolute atomic E-state index is 0.0908. The first kappa shape index (κ1) is 21.5. The van der Waals surface area contributed by atoms with Gasteiger partial charge in [0.1, 0.15) is 12.3 Å². The Morgan fingerprint density at radius 2 is 1.83 bits per heavy atom. The van der Waals surface area contributed by atoms with Gasteiger partial charge in [0.05, 0.1) is 17.7 Å². The van der Waals surface area contributed by atoms with Crippen LogP contribution in [0.25, 0.3) is 0 Å². The van der Waals surface area contributed by atoms with Gasteiger partial charge in [-0.15, -0.1) is 0 Å². The molecule has 1 heterocycles. The van der Waals surface area contributed by atoms with Crippen molar-refractivity contribution in [2.24, 2.45) is 5.92 Å². The summed E-state index contributed by atoms with van der Waals surface area (Å²) in [7, 11) is -2.44. The molecule has 2 aromatic carbocycles. The Bertz CT molecular complexity index is 946. The average molecular weight is 437 g/mol. The lowest BCUT2D eigenvalue weighted by Gasteiger charge is -2.33. The van der Waals surface area contributed by atoms with Gasteiger partial charge >= 0.3 is 0 Å². The zero-order chi connectivity index (χ0) is 21.0. The maximum Gasteiger partial charge on any atom is 0.264 e. The summed E-state index contributed by atoms with van der Waals surface area (Å²) in [4.78, 5) is 14.8. The second-order valence-corrected chi connectivity index (χ2v) is 9.55. The second-order valence-electron chi connectivity index (χ2n) is 7.25. The number of amides is 1. The Morgan fingerprint density at radius 1 is 1.17 bits per heavy atom. The molecular weight excluding hydrogens is 412 g/mol. The molecule has 0 aromatic heterocycles. The molecule has 0 spiro atoms. The molecule has 3 rings (SSSR count). The number of hydrogen-bond donors (Lipinski definition) is 0. The topological polar surface area (TPSA) is 66.9 Å².